The number of hydrogen-bond donors (Lipinski definition) is 1. The summed E-state index contributed by atoms with van der Waals surface area (Å²) in [4.78, 5) is 0. The van der Waals surface area contributed by atoms with Gasteiger partial charge in [0, 0.05) is 18.2 Å². The van der Waals surface area contributed by atoms with E-state index in [4.69, 9.17) is 10.00 Å². The molecule has 2 aromatic rings. The molecule has 3 nitrogen and oxygen atoms in total. The molecule has 1 unspecified atom stereocenters. The summed E-state index contributed by atoms with van der Waals surface area (Å²) >= 11 is 0. The molecule has 2 aromatic carbocycles. The first-order valence-corrected chi connectivity index (χ1v) is 7.01. The minimum Gasteiger partial charge on any atom is -0.496 e. The molecule has 0 bridgehead atoms. The Morgan fingerprint density at radius 1 is 1.24 bits per heavy atom. The van der Waals surface area contributed by atoms with Crippen LogP contribution in [0.5, 0.6) is 5.75 Å². The standard InChI is InChI=1S/C18H20N2O/c1-13-7-8-18(21-3)17(9-13)14(2)20-12-16-6-4-5-15(10-16)11-19/h4-10,14,20H,12H2,1-3H3. The van der Waals surface area contributed by atoms with Crippen LogP contribution in [0.25, 0.3) is 0 Å². The van der Waals surface area contributed by atoms with Crippen molar-refractivity contribution in [3.8, 4) is 11.8 Å². The van der Waals surface area contributed by atoms with E-state index in [1.807, 2.05) is 36.4 Å². The topological polar surface area (TPSA) is 45.0 Å². The fourth-order valence-corrected chi connectivity index (χ4v) is 2.32. The van der Waals surface area contributed by atoms with E-state index < -0.39 is 0 Å². The van der Waals surface area contributed by atoms with Crippen LogP contribution in [-0.2, 0) is 6.54 Å². The molecule has 0 saturated carbocycles. The molecule has 21 heavy (non-hydrogen) atoms. The summed E-state index contributed by atoms with van der Waals surface area (Å²) in [5.74, 6) is 0.895. The van der Waals surface area contributed by atoms with E-state index in [2.05, 4.69) is 31.3 Å². The number of nitrogens with one attached hydrogen (secondary N) is 1. The van der Waals surface area contributed by atoms with Crippen LogP contribution in [0.1, 0.15) is 35.2 Å². The molecule has 0 saturated heterocycles. The van der Waals surface area contributed by atoms with Gasteiger partial charge in [0.1, 0.15) is 5.75 Å². The van der Waals surface area contributed by atoms with E-state index in [0.717, 1.165) is 16.9 Å². The van der Waals surface area contributed by atoms with Crippen molar-refractivity contribution in [3.63, 3.8) is 0 Å². The first-order valence-electron chi connectivity index (χ1n) is 7.01. The first-order chi connectivity index (χ1) is 10.1. The lowest BCUT2D eigenvalue weighted by Crippen LogP contribution is -2.19. The van der Waals surface area contributed by atoms with Crippen LogP contribution < -0.4 is 10.1 Å². The second-order valence-corrected chi connectivity index (χ2v) is 5.16. The van der Waals surface area contributed by atoms with Gasteiger partial charge in [0.25, 0.3) is 0 Å². The number of hydrogen-bond acceptors (Lipinski definition) is 3. The Bertz CT molecular complexity index is 659. The van der Waals surface area contributed by atoms with Crippen LogP contribution >= 0.6 is 0 Å². The van der Waals surface area contributed by atoms with Gasteiger partial charge in [-0.3, -0.25) is 0 Å². The third-order valence-corrected chi connectivity index (χ3v) is 3.52. The van der Waals surface area contributed by atoms with Crippen molar-refractivity contribution in [1.29, 1.82) is 5.26 Å². The molecule has 3 heteroatoms. The lowest BCUT2D eigenvalue weighted by atomic mass is 10.0. The average Bonchev–Trinajstić information content (AvgIpc) is 2.52. The number of nitrogens with zero attached hydrogens (tertiary/aromatic N) is 1. The van der Waals surface area contributed by atoms with Crippen LogP contribution in [0.2, 0.25) is 0 Å². The lowest BCUT2D eigenvalue weighted by molar-refractivity contribution is 0.401. The molecule has 108 valence electrons. The highest BCUT2D eigenvalue weighted by Gasteiger charge is 2.11. The van der Waals surface area contributed by atoms with Crippen LogP contribution in [-0.4, -0.2) is 7.11 Å². The predicted octanol–water partition coefficient (Wildman–Crippen LogP) is 3.73. The number of nitriles is 1. The average molecular weight is 280 g/mol. The summed E-state index contributed by atoms with van der Waals surface area (Å²) in [6, 6.07) is 16.2. The maximum Gasteiger partial charge on any atom is 0.123 e. The zero-order valence-electron chi connectivity index (χ0n) is 12.7. The summed E-state index contributed by atoms with van der Waals surface area (Å²) < 4.78 is 5.43. The van der Waals surface area contributed by atoms with Gasteiger partial charge in [-0.15, -0.1) is 0 Å². The van der Waals surface area contributed by atoms with E-state index in [-0.39, 0.29) is 6.04 Å². The van der Waals surface area contributed by atoms with Gasteiger partial charge < -0.3 is 10.1 Å². The number of benzene rings is 2. The van der Waals surface area contributed by atoms with Gasteiger partial charge in [-0.05, 0) is 37.6 Å². The summed E-state index contributed by atoms with van der Waals surface area (Å²) in [7, 11) is 1.69. The lowest BCUT2D eigenvalue weighted by Gasteiger charge is -2.18. The van der Waals surface area contributed by atoms with Gasteiger partial charge in [-0.2, -0.15) is 5.26 Å². The van der Waals surface area contributed by atoms with Gasteiger partial charge in [0.05, 0.1) is 18.7 Å². The molecule has 1 N–H and O–H groups in total. The molecular weight excluding hydrogens is 260 g/mol. The quantitative estimate of drug-likeness (QED) is 0.907. The van der Waals surface area contributed by atoms with Gasteiger partial charge in [0.2, 0.25) is 0 Å². The Morgan fingerprint density at radius 2 is 2.05 bits per heavy atom. The number of methoxy groups -OCH3 is 1. The maximum absolute atomic E-state index is 8.93. The third-order valence-electron chi connectivity index (χ3n) is 3.52. The van der Waals surface area contributed by atoms with Crippen molar-refractivity contribution in [3.05, 3.63) is 64.7 Å². The molecule has 0 fully saturated rings. The molecule has 0 aromatic heterocycles. The molecule has 0 aliphatic carbocycles. The molecule has 1 atom stereocenters. The smallest absolute Gasteiger partial charge is 0.123 e. The minimum atomic E-state index is 0.172. The van der Waals surface area contributed by atoms with Crippen molar-refractivity contribution in [1.82, 2.24) is 5.32 Å². The molecule has 0 aliphatic heterocycles. The van der Waals surface area contributed by atoms with Crippen LogP contribution in [0, 0.1) is 18.3 Å². The SMILES string of the molecule is COc1ccc(C)cc1C(C)NCc1cccc(C#N)c1. The van der Waals surface area contributed by atoms with E-state index in [9.17, 15) is 0 Å². The van der Waals surface area contributed by atoms with Gasteiger partial charge in [-0.1, -0.05) is 29.8 Å². The zero-order valence-corrected chi connectivity index (χ0v) is 12.7. The Morgan fingerprint density at radius 3 is 2.76 bits per heavy atom. The van der Waals surface area contributed by atoms with E-state index in [1.54, 1.807) is 7.11 Å². The molecule has 0 amide bonds. The summed E-state index contributed by atoms with van der Waals surface area (Å²) in [6.45, 7) is 4.91. The molecule has 0 radical (unpaired) electrons. The van der Waals surface area contributed by atoms with Crippen molar-refractivity contribution in [2.45, 2.75) is 26.4 Å². The van der Waals surface area contributed by atoms with Gasteiger partial charge in [-0.25, -0.2) is 0 Å². The number of ether oxygens (including phenoxy) is 1. The highest BCUT2D eigenvalue weighted by molar-refractivity contribution is 5.39. The largest absolute Gasteiger partial charge is 0.496 e. The van der Waals surface area contributed by atoms with Crippen molar-refractivity contribution in [2.75, 3.05) is 7.11 Å². The minimum absolute atomic E-state index is 0.172. The highest BCUT2D eigenvalue weighted by Crippen LogP contribution is 2.26. The molecule has 2 rings (SSSR count). The van der Waals surface area contributed by atoms with Crippen LogP contribution in [0.4, 0.5) is 0 Å². The summed E-state index contributed by atoms with van der Waals surface area (Å²) in [5, 5.41) is 12.4. The Hall–Kier alpha value is -2.31. The van der Waals surface area contributed by atoms with Crippen LogP contribution in [0.15, 0.2) is 42.5 Å². The Labute approximate surface area is 126 Å². The van der Waals surface area contributed by atoms with Gasteiger partial charge >= 0.3 is 0 Å². The fraction of sp³-hybridized carbons (Fsp3) is 0.278. The second kappa shape index (κ2) is 6.92. The van der Waals surface area contributed by atoms with Crippen molar-refractivity contribution >= 4 is 0 Å². The molecule has 0 aliphatic rings. The second-order valence-electron chi connectivity index (χ2n) is 5.16. The predicted molar refractivity (Wildman–Crippen MR) is 84.1 cm³/mol. The highest BCUT2D eigenvalue weighted by atomic mass is 16.5. The summed E-state index contributed by atoms with van der Waals surface area (Å²) in [6.07, 6.45) is 0. The van der Waals surface area contributed by atoms with Crippen molar-refractivity contribution in [2.24, 2.45) is 0 Å². The van der Waals surface area contributed by atoms with E-state index in [0.29, 0.717) is 12.1 Å². The maximum atomic E-state index is 8.93. The van der Waals surface area contributed by atoms with Gasteiger partial charge in [0.15, 0.2) is 0 Å². The molecular formula is C18H20N2O. The normalized spacial score (nSPS) is 11.7. The fourth-order valence-electron chi connectivity index (χ4n) is 2.32. The third kappa shape index (κ3) is 3.84. The van der Waals surface area contributed by atoms with Crippen LogP contribution in [0.3, 0.4) is 0 Å². The molecule has 0 spiro atoms. The number of rotatable bonds is 5. The monoisotopic (exact) mass is 280 g/mol. The van der Waals surface area contributed by atoms with E-state index >= 15 is 0 Å². The Balaban J connectivity index is 2.09. The Kier molecular flexibility index (Phi) is 4.97. The zero-order chi connectivity index (χ0) is 15.2. The van der Waals surface area contributed by atoms with E-state index in [1.165, 1.54) is 5.56 Å². The summed E-state index contributed by atoms with van der Waals surface area (Å²) in [5.41, 5.74) is 4.16. The number of aryl methyl sites for hydroxylation is 1. The van der Waals surface area contributed by atoms with Crippen molar-refractivity contribution < 1.29 is 4.74 Å². The first kappa shape index (κ1) is 15.1. The molecule has 0 heterocycles.